The van der Waals surface area contributed by atoms with Gasteiger partial charge in [0.15, 0.2) is 4.34 Å². The lowest BCUT2D eigenvalue weighted by molar-refractivity contribution is -0.115. The summed E-state index contributed by atoms with van der Waals surface area (Å²) >= 11 is 2.85. The van der Waals surface area contributed by atoms with Crippen molar-refractivity contribution in [2.75, 3.05) is 10.6 Å². The van der Waals surface area contributed by atoms with E-state index in [0.717, 1.165) is 9.35 Å². The summed E-state index contributed by atoms with van der Waals surface area (Å²) in [5, 5.41) is 14.0. The SMILES string of the molecule is CC(=O)Nc1ccc(NC(=O)[C@@H](C)Sc2nnc(C)s2)cc1. The molecule has 0 saturated heterocycles. The Balaban J connectivity index is 1.91. The molecule has 2 aromatic rings. The van der Waals surface area contributed by atoms with Crippen molar-refractivity contribution in [2.24, 2.45) is 0 Å². The van der Waals surface area contributed by atoms with Gasteiger partial charge in [-0.25, -0.2) is 0 Å². The van der Waals surface area contributed by atoms with Crippen LogP contribution in [0, 0.1) is 6.92 Å². The molecule has 6 nitrogen and oxygen atoms in total. The maximum absolute atomic E-state index is 12.1. The second-order valence-corrected chi connectivity index (χ2v) is 7.36. The van der Waals surface area contributed by atoms with Crippen LogP contribution in [0.15, 0.2) is 28.6 Å². The molecular weight excluding hydrogens is 320 g/mol. The Labute approximate surface area is 136 Å². The smallest absolute Gasteiger partial charge is 0.237 e. The average molecular weight is 336 g/mol. The highest BCUT2D eigenvalue weighted by molar-refractivity contribution is 8.02. The van der Waals surface area contributed by atoms with E-state index in [-0.39, 0.29) is 17.1 Å². The summed E-state index contributed by atoms with van der Waals surface area (Å²) in [7, 11) is 0. The molecule has 8 heteroatoms. The molecule has 1 heterocycles. The molecule has 2 N–H and O–H groups in total. The highest BCUT2D eigenvalue weighted by atomic mass is 32.2. The lowest BCUT2D eigenvalue weighted by Crippen LogP contribution is -2.22. The summed E-state index contributed by atoms with van der Waals surface area (Å²) in [5.74, 6) is -0.237. The van der Waals surface area contributed by atoms with Crippen LogP contribution in [0.1, 0.15) is 18.9 Å². The van der Waals surface area contributed by atoms with Gasteiger partial charge in [-0.3, -0.25) is 9.59 Å². The second-order valence-electron chi connectivity index (χ2n) is 4.59. The molecule has 22 heavy (non-hydrogen) atoms. The van der Waals surface area contributed by atoms with Gasteiger partial charge in [-0.15, -0.1) is 10.2 Å². The molecule has 1 atom stereocenters. The maximum Gasteiger partial charge on any atom is 0.237 e. The number of aryl methyl sites for hydroxylation is 1. The van der Waals surface area contributed by atoms with Gasteiger partial charge in [0.1, 0.15) is 5.01 Å². The molecule has 0 spiro atoms. The first-order chi connectivity index (χ1) is 10.4. The van der Waals surface area contributed by atoms with Gasteiger partial charge in [-0.1, -0.05) is 23.1 Å². The number of carbonyl (C=O) groups excluding carboxylic acids is 2. The van der Waals surface area contributed by atoms with Gasteiger partial charge in [-0.2, -0.15) is 0 Å². The lowest BCUT2D eigenvalue weighted by Gasteiger charge is -2.11. The Morgan fingerprint density at radius 3 is 2.23 bits per heavy atom. The van der Waals surface area contributed by atoms with Crippen LogP contribution in [-0.4, -0.2) is 27.3 Å². The van der Waals surface area contributed by atoms with Crippen molar-refractivity contribution in [1.29, 1.82) is 0 Å². The van der Waals surface area contributed by atoms with Gasteiger partial charge in [0, 0.05) is 18.3 Å². The van der Waals surface area contributed by atoms with E-state index in [9.17, 15) is 9.59 Å². The zero-order valence-corrected chi connectivity index (χ0v) is 14.0. The van der Waals surface area contributed by atoms with E-state index in [1.54, 1.807) is 24.3 Å². The number of benzene rings is 1. The third-order valence-corrected chi connectivity index (χ3v) is 4.65. The number of amides is 2. The Morgan fingerprint density at radius 2 is 1.73 bits per heavy atom. The number of rotatable bonds is 5. The predicted octanol–water partition coefficient (Wildman–Crippen LogP) is 2.92. The molecule has 0 fully saturated rings. The molecule has 116 valence electrons. The molecule has 0 unspecified atom stereocenters. The number of nitrogens with one attached hydrogen (secondary N) is 2. The normalized spacial score (nSPS) is 11.8. The van der Waals surface area contributed by atoms with E-state index in [4.69, 9.17) is 0 Å². The first-order valence-corrected chi connectivity index (χ1v) is 8.29. The first kappa shape index (κ1) is 16.4. The van der Waals surface area contributed by atoms with Crippen molar-refractivity contribution >= 4 is 46.3 Å². The fourth-order valence-electron chi connectivity index (χ4n) is 1.61. The Kier molecular flexibility index (Phi) is 5.51. The van der Waals surface area contributed by atoms with Crippen LogP contribution in [0.2, 0.25) is 0 Å². The largest absolute Gasteiger partial charge is 0.326 e. The van der Waals surface area contributed by atoms with Gasteiger partial charge >= 0.3 is 0 Å². The predicted molar refractivity (Wildman–Crippen MR) is 89.3 cm³/mol. The summed E-state index contributed by atoms with van der Waals surface area (Å²) in [4.78, 5) is 23.1. The van der Waals surface area contributed by atoms with Crippen molar-refractivity contribution in [3.05, 3.63) is 29.3 Å². The highest BCUT2D eigenvalue weighted by Gasteiger charge is 2.16. The van der Waals surface area contributed by atoms with Gasteiger partial charge in [-0.05, 0) is 38.1 Å². The van der Waals surface area contributed by atoms with Crippen molar-refractivity contribution < 1.29 is 9.59 Å². The Hall–Kier alpha value is -1.93. The number of carbonyl (C=O) groups is 2. The van der Waals surface area contributed by atoms with Gasteiger partial charge in [0.2, 0.25) is 11.8 Å². The molecule has 0 bridgehead atoms. The fraction of sp³-hybridized carbons (Fsp3) is 0.286. The highest BCUT2D eigenvalue weighted by Crippen LogP contribution is 2.27. The lowest BCUT2D eigenvalue weighted by atomic mass is 10.2. The van der Waals surface area contributed by atoms with Gasteiger partial charge < -0.3 is 10.6 Å². The van der Waals surface area contributed by atoms with Gasteiger partial charge in [0.05, 0.1) is 5.25 Å². The van der Waals surface area contributed by atoms with E-state index in [1.807, 2.05) is 13.8 Å². The monoisotopic (exact) mass is 336 g/mol. The summed E-state index contributed by atoms with van der Waals surface area (Å²) in [5.41, 5.74) is 1.37. The fourth-order valence-corrected chi connectivity index (χ4v) is 3.57. The van der Waals surface area contributed by atoms with Crippen LogP contribution in [-0.2, 0) is 9.59 Å². The van der Waals surface area contributed by atoms with Crippen LogP contribution in [0.3, 0.4) is 0 Å². The van der Waals surface area contributed by atoms with E-state index in [2.05, 4.69) is 20.8 Å². The third kappa shape index (κ3) is 4.81. The van der Waals surface area contributed by atoms with Crippen LogP contribution in [0.4, 0.5) is 11.4 Å². The molecule has 0 aliphatic heterocycles. The van der Waals surface area contributed by atoms with E-state index >= 15 is 0 Å². The van der Waals surface area contributed by atoms with E-state index < -0.39 is 0 Å². The molecule has 0 radical (unpaired) electrons. The van der Waals surface area contributed by atoms with Crippen LogP contribution < -0.4 is 10.6 Å². The molecular formula is C14H16N4O2S2. The molecule has 0 aliphatic rings. The summed E-state index contributed by atoms with van der Waals surface area (Å²) in [6.07, 6.45) is 0. The summed E-state index contributed by atoms with van der Waals surface area (Å²) < 4.78 is 0.779. The standard InChI is InChI=1S/C14H16N4O2S2/c1-8(21-14-18-17-10(3)22-14)13(20)16-12-6-4-11(5-7-12)15-9(2)19/h4-8H,1-3H3,(H,15,19)(H,16,20)/t8-/m1/s1. The van der Waals surface area contributed by atoms with Crippen molar-refractivity contribution in [3.8, 4) is 0 Å². The molecule has 2 rings (SSSR count). The number of aromatic nitrogens is 2. The Morgan fingerprint density at radius 1 is 1.14 bits per heavy atom. The van der Waals surface area contributed by atoms with Crippen LogP contribution >= 0.6 is 23.1 Å². The number of nitrogens with zero attached hydrogens (tertiary/aromatic N) is 2. The molecule has 0 aliphatic carbocycles. The van der Waals surface area contributed by atoms with E-state index in [1.165, 1.54) is 30.0 Å². The minimum absolute atomic E-state index is 0.106. The Bertz CT molecular complexity index is 670. The van der Waals surface area contributed by atoms with Crippen molar-refractivity contribution in [3.63, 3.8) is 0 Å². The zero-order valence-electron chi connectivity index (χ0n) is 12.4. The third-order valence-electron chi connectivity index (χ3n) is 2.63. The molecule has 0 saturated carbocycles. The number of anilines is 2. The maximum atomic E-state index is 12.1. The van der Waals surface area contributed by atoms with Crippen molar-refractivity contribution in [2.45, 2.75) is 30.4 Å². The van der Waals surface area contributed by atoms with Crippen LogP contribution in [0.25, 0.3) is 0 Å². The number of hydrogen-bond acceptors (Lipinski definition) is 6. The second kappa shape index (κ2) is 7.37. The number of hydrogen-bond donors (Lipinski definition) is 2. The first-order valence-electron chi connectivity index (χ1n) is 6.59. The van der Waals surface area contributed by atoms with Crippen LogP contribution in [0.5, 0.6) is 0 Å². The van der Waals surface area contributed by atoms with Crippen molar-refractivity contribution in [1.82, 2.24) is 10.2 Å². The zero-order chi connectivity index (χ0) is 16.1. The average Bonchev–Trinajstić information content (AvgIpc) is 2.85. The topological polar surface area (TPSA) is 84.0 Å². The van der Waals surface area contributed by atoms with E-state index in [0.29, 0.717) is 11.4 Å². The van der Waals surface area contributed by atoms with Gasteiger partial charge in [0.25, 0.3) is 0 Å². The number of thioether (sulfide) groups is 1. The molecule has 2 amide bonds. The summed E-state index contributed by atoms with van der Waals surface area (Å²) in [6, 6.07) is 6.97. The molecule has 1 aromatic heterocycles. The quantitative estimate of drug-likeness (QED) is 0.820. The minimum atomic E-state index is -0.276. The molecule has 1 aromatic carbocycles. The summed E-state index contributed by atoms with van der Waals surface area (Å²) in [6.45, 7) is 5.15. The minimum Gasteiger partial charge on any atom is -0.326 e.